The van der Waals surface area contributed by atoms with Gasteiger partial charge in [0.05, 0.1) is 0 Å². The molecule has 0 aliphatic heterocycles. The van der Waals surface area contributed by atoms with Crippen LogP contribution in [-0.2, 0) is 5.41 Å². The van der Waals surface area contributed by atoms with E-state index < -0.39 is 0 Å². The fourth-order valence-electron chi connectivity index (χ4n) is 1.20. The lowest BCUT2D eigenvalue weighted by molar-refractivity contribution is 0.419. The molecule has 0 saturated heterocycles. The lowest BCUT2D eigenvalue weighted by atomic mass is 9.92. The topological polar surface area (TPSA) is 56.7 Å². The van der Waals surface area contributed by atoms with Gasteiger partial charge in [-0.3, -0.25) is 0 Å². The van der Waals surface area contributed by atoms with Crippen molar-refractivity contribution in [3.63, 3.8) is 0 Å². The molecule has 0 fully saturated rings. The molecule has 2 N–H and O–H groups in total. The zero-order valence-corrected chi connectivity index (χ0v) is 8.78. The molecule has 1 aromatic heterocycles. The molecule has 1 aromatic rings. The van der Waals surface area contributed by atoms with E-state index in [-0.39, 0.29) is 5.41 Å². The second-order valence-electron chi connectivity index (χ2n) is 4.21. The van der Waals surface area contributed by atoms with Crippen LogP contribution >= 0.6 is 0 Å². The van der Waals surface area contributed by atoms with Gasteiger partial charge >= 0.3 is 0 Å². The first-order chi connectivity index (χ1) is 5.99. The SMILES string of the molecule is CC(C)n1ncnc1C(C)(C)CN. The minimum absolute atomic E-state index is 0.0965. The zero-order chi connectivity index (χ0) is 10.1. The maximum atomic E-state index is 5.69. The largest absolute Gasteiger partial charge is 0.329 e. The lowest BCUT2D eigenvalue weighted by Crippen LogP contribution is -2.32. The predicted octanol–water partition coefficient (Wildman–Crippen LogP) is 1.10. The Hall–Kier alpha value is -0.900. The van der Waals surface area contributed by atoms with Crippen molar-refractivity contribution in [2.75, 3.05) is 6.54 Å². The molecule has 4 nitrogen and oxygen atoms in total. The van der Waals surface area contributed by atoms with Gasteiger partial charge in [-0.2, -0.15) is 5.10 Å². The molecule has 1 heterocycles. The average molecular weight is 182 g/mol. The lowest BCUT2D eigenvalue weighted by Gasteiger charge is -2.23. The number of nitrogens with zero attached hydrogens (tertiary/aromatic N) is 3. The quantitative estimate of drug-likeness (QED) is 0.761. The molecule has 1 rings (SSSR count). The molecule has 0 bridgehead atoms. The van der Waals surface area contributed by atoms with Gasteiger partial charge in [0, 0.05) is 18.0 Å². The summed E-state index contributed by atoms with van der Waals surface area (Å²) in [4.78, 5) is 4.25. The third-order valence-electron chi connectivity index (χ3n) is 2.18. The number of nitrogens with two attached hydrogens (primary N) is 1. The van der Waals surface area contributed by atoms with Gasteiger partial charge in [-0.15, -0.1) is 0 Å². The van der Waals surface area contributed by atoms with Crippen LogP contribution in [0.1, 0.15) is 39.6 Å². The van der Waals surface area contributed by atoms with Gasteiger partial charge in [0.25, 0.3) is 0 Å². The summed E-state index contributed by atoms with van der Waals surface area (Å²) in [7, 11) is 0. The third-order valence-corrected chi connectivity index (χ3v) is 2.18. The number of aromatic nitrogens is 3. The maximum Gasteiger partial charge on any atom is 0.138 e. The Balaban J connectivity index is 3.07. The van der Waals surface area contributed by atoms with Crippen LogP contribution < -0.4 is 5.73 Å². The van der Waals surface area contributed by atoms with Crippen molar-refractivity contribution in [1.29, 1.82) is 0 Å². The first kappa shape index (κ1) is 10.2. The Labute approximate surface area is 79.2 Å². The molecule has 0 atom stereocenters. The number of hydrogen-bond acceptors (Lipinski definition) is 3. The van der Waals surface area contributed by atoms with Crippen LogP contribution in [-0.4, -0.2) is 21.3 Å². The number of rotatable bonds is 3. The fraction of sp³-hybridized carbons (Fsp3) is 0.778. The van der Waals surface area contributed by atoms with Gasteiger partial charge in [0.2, 0.25) is 0 Å². The van der Waals surface area contributed by atoms with Crippen LogP contribution in [0.5, 0.6) is 0 Å². The van der Waals surface area contributed by atoms with Crippen molar-refractivity contribution in [1.82, 2.24) is 14.8 Å². The molecule has 0 saturated carbocycles. The van der Waals surface area contributed by atoms with Crippen LogP contribution in [0, 0.1) is 0 Å². The molecule has 13 heavy (non-hydrogen) atoms. The molecule has 0 radical (unpaired) electrons. The normalized spacial score (nSPS) is 12.5. The molecule has 4 heteroatoms. The summed E-state index contributed by atoms with van der Waals surface area (Å²) < 4.78 is 1.92. The van der Waals surface area contributed by atoms with Crippen LogP contribution in [0.15, 0.2) is 6.33 Å². The van der Waals surface area contributed by atoms with Gasteiger partial charge < -0.3 is 5.73 Å². The highest BCUT2D eigenvalue weighted by Gasteiger charge is 2.25. The Morgan fingerprint density at radius 1 is 1.54 bits per heavy atom. The first-order valence-electron chi connectivity index (χ1n) is 4.59. The van der Waals surface area contributed by atoms with E-state index in [4.69, 9.17) is 5.73 Å². The standard InChI is InChI=1S/C9H18N4/c1-7(2)13-8(11-6-12-13)9(3,4)5-10/h6-7H,5,10H2,1-4H3. The van der Waals surface area contributed by atoms with E-state index in [1.807, 2.05) is 4.68 Å². The fourth-order valence-corrected chi connectivity index (χ4v) is 1.20. The van der Waals surface area contributed by atoms with Crippen LogP contribution in [0.3, 0.4) is 0 Å². The average Bonchev–Trinajstić information content (AvgIpc) is 2.52. The third kappa shape index (κ3) is 1.88. The van der Waals surface area contributed by atoms with Crippen LogP contribution in [0.2, 0.25) is 0 Å². The number of hydrogen-bond donors (Lipinski definition) is 1. The molecular formula is C9H18N4. The molecular weight excluding hydrogens is 164 g/mol. The summed E-state index contributed by atoms with van der Waals surface area (Å²) >= 11 is 0. The van der Waals surface area contributed by atoms with Crippen molar-refractivity contribution in [2.24, 2.45) is 5.73 Å². The van der Waals surface area contributed by atoms with E-state index in [0.717, 1.165) is 5.82 Å². The molecule has 0 aliphatic carbocycles. The van der Waals surface area contributed by atoms with E-state index in [2.05, 4.69) is 37.8 Å². The highest BCUT2D eigenvalue weighted by molar-refractivity contribution is 5.04. The molecule has 0 unspecified atom stereocenters. The Bertz CT molecular complexity index is 275. The van der Waals surface area contributed by atoms with E-state index in [1.54, 1.807) is 6.33 Å². The summed E-state index contributed by atoms with van der Waals surface area (Å²) in [6, 6.07) is 0.336. The summed E-state index contributed by atoms with van der Waals surface area (Å²) in [6.07, 6.45) is 1.59. The Morgan fingerprint density at radius 2 is 2.15 bits per heavy atom. The molecule has 0 amide bonds. The smallest absolute Gasteiger partial charge is 0.138 e. The van der Waals surface area contributed by atoms with Crippen molar-refractivity contribution in [3.8, 4) is 0 Å². The molecule has 74 valence electrons. The summed E-state index contributed by atoms with van der Waals surface area (Å²) in [6.45, 7) is 8.92. The van der Waals surface area contributed by atoms with Gasteiger partial charge in [0.15, 0.2) is 0 Å². The second-order valence-corrected chi connectivity index (χ2v) is 4.21. The van der Waals surface area contributed by atoms with Crippen molar-refractivity contribution in [3.05, 3.63) is 12.2 Å². The minimum Gasteiger partial charge on any atom is -0.329 e. The van der Waals surface area contributed by atoms with Crippen LogP contribution in [0.25, 0.3) is 0 Å². The summed E-state index contributed by atoms with van der Waals surface area (Å²) in [5.41, 5.74) is 5.59. The Kier molecular flexibility index (Phi) is 2.71. The zero-order valence-electron chi connectivity index (χ0n) is 8.78. The monoisotopic (exact) mass is 182 g/mol. The minimum atomic E-state index is -0.0965. The summed E-state index contributed by atoms with van der Waals surface area (Å²) in [5.74, 6) is 0.963. The first-order valence-corrected chi connectivity index (χ1v) is 4.59. The van der Waals surface area contributed by atoms with Gasteiger partial charge in [-0.25, -0.2) is 9.67 Å². The molecule has 0 spiro atoms. The van der Waals surface area contributed by atoms with Gasteiger partial charge in [-0.05, 0) is 13.8 Å². The highest BCUT2D eigenvalue weighted by atomic mass is 15.3. The predicted molar refractivity (Wildman–Crippen MR) is 52.5 cm³/mol. The summed E-state index contributed by atoms with van der Waals surface area (Å²) in [5, 5.41) is 4.18. The van der Waals surface area contributed by atoms with Crippen LogP contribution in [0.4, 0.5) is 0 Å². The van der Waals surface area contributed by atoms with Crippen molar-refractivity contribution >= 4 is 0 Å². The Morgan fingerprint density at radius 3 is 2.62 bits per heavy atom. The van der Waals surface area contributed by atoms with Gasteiger partial charge in [0.1, 0.15) is 12.2 Å². The van der Waals surface area contributed by atoms with E-state index >= 15 is 0 Å². The molecule has 0 aromatic carbocycles. The van der Waals surface area contributed by atoms with E-state index in [0.29, 0.717) is 12.6 Å². The van der Waals surface area contributed by atoms with E-state index in [1.165, 1.54) is 0 Å². The van der Waals surface area contributed by atoms with Crippen molar-refractivity contribution < 1.29 is 0 Å². The maximum absolute atomic E-state index is 5.69. The van der Waals surface area contributed by atoms with E-state index in [9.17, 15) is 0 Å². The van der Waals surface area contributed by atoms with Crippen molar-refractivity contribution in [2.45, 2.75) is 39.2 Å². The van der Waals surface area contributed by atoms with Gasteiger partial charge in [-0.1, -0.05) is 13.8 Å². The second kappa shape index (κ2) is 3.46. The highest BCUT2D eigenvalue weighted by Crippen LogP contribution is 2.21. The molecule has 0 aliphatic rings.